The zero-order valence-electron chi connectivity index (χ0n) is 33.1. The third-order valence-electron chi connectivity index (χ3n) is 9.14. The number of aromatic amines is 1. The van der Waals surface area contributed by atoms with Crippen LogP contribution in [0.5, 0.6) is 0 Å². The van der Waals surface area contributed by atoms with Crippen LogP contribution in [-0.2, 0) is 39.9 Å². The zero-order chi connectivity index (χ0) is 42.7. The average Bonchev–Trinajstić information content (AvgIpc) is 3.15. The number of nitrogens with zero attached hydrogens (tertiary/aromatic N) is 2. The monoisotopic (exact) mass is 804 g/mol. The first-order chi connectivity index (χ1) is 26.6. The lowest BCUT2D eigenvalue weighted by molar-refractivity contribution is -0.276. The van der Waals surface area contributed by atoms with E-state index in [1.54, 1.807) is 13.8 Å². The number of halogens is 3. The van der Waals surface area contributed by atoms with Crippen molar-refractivity contribution < 1.29 is 51.4 Å². The first-order valence-corrected chi connectivity index (χ1v) is 18.3. The van der Waals surface area contributed by atoms with Gasteiger partial charge >= 0.3 is 18.1 Å². The molecule has 3 aromatic rings. The number of hydrogen-bond donors (Lipinski definition) is 4. The number of ketones is 1. The summed E-state index contributed by atoms with van der Waals surface area (Å²) in [6.45, 7) is 11.2. The largest absolute Gasteiger partial charge is 0.471 e. The standard InChI is InChI=1S/C39H51F3N6O9/c1-23(2)31(50)46-36-45-29-16-10-24(21-28(29)33(52)47-36)22-48(35(54)39(40,41)42)26-13-11-25(12-14-26)32(51)44-30(34(53)55-7)17-15-27(49)9-8-19-56-38(6,37(3,4)5)57-20-18-43/h10-14,16,21,23,30H,8-9,15,17-20,22,43H2,1-7H3,(H,44,51)(H2,45,46,47,50,52)/t30-,38?/m0/s1. The maximum atomic E-state index is 13.8. The van der Waals surface area contributed by atoms with Crippen molar-refractivity contribution in [2.75, 3.05) is 37.1 Å². The zero-order valence-corrected chi connectivity index (χ0v) is 33.1. The molecule has 3 rings (SSSR count). The summed E-state index contributed by atoms with van der Waals surface area (Å²) in [4.78, 5) is 82.9. The molecule has 0 bridgehead atoms. The molecule has 1 unspecified atom stereocenters. The Hall–Kier alpha value is -5.20. The third-order valence-corrected chi connectivity index (χ3v) is 9.14. The van der Waals surface area contributed by atoms with E-state index in [1.807, 2.05) is 27.7 Å². The van der Waals surface area contributed by atoms with Crippen LogP contribution in [0.25, 0.3) is 10.9 Å². The molecule has 1 heterocycles. The summed E-state index contributed by atoms with van der Waals surface area (Å²) < 4.78 is 58.0. The molecule has 5 N–H and O–H groups in total. The number of esters is 1. The van der Waals surface area contributed by atoms with Crippen LogP contribution in [0, 0.1) is 11.3 Å². The number of nitrogens with one attached hydrogen (secondary N) is 3. The van der Waals surface area contributed by atoms with Gasteiger partial charge in [0.05, 0.1) is 37.8 Å². The SMILES string of the molecule is COC(=O)[C@H](CCC(=O)CCCOC(C)(OCCN)C(C)(C)C)NC(=O)c1ccc(N(Cc2ccc3nc(NC(=O)C(C)C)[nH]c(=O)c3c2)C(=O)C(F)(F)F)cc1. The predicted molar refractivity (Wildman–Crippen MR) is 205 cm³/mol. The van der Waals surface area contributed by atoms with E-state index in [1.165, 1.54) is 30.3 Å². The van der Waals surface area contributed by atoms with Gasteiger partial charge in [0.15, 0.2) is 5.79 Å². The average molecular weight is 805 g/mol. The predicted octanol–water partition coefficient (Wildman–Crippen LogP) is 4.77. The van der Waals surface area contributed by atoms with E-state index in [2.05, 4.69) is 20.6 Å². The van der Waals surface area contributed by atoms with Crippen molar-refractivity contribution in [3.63, 3.8) is 0 Å². The minimum absolute atomic E-state index is 0.00477. The number of amides is 3. The molecule has 1 aromatic heterocycles. The molecule has 0 saturated heterocycles. The van der Waals surface area contributed by atoms with Gasteiger partial charge in [0, 0.05) is 42.0 Å². The molecular weight excluding hydrogens is 753 g/mol. The van der Waals surface area contributed by atoms with Crippen LogP contribution in [0.15, 0.2) is 47.3 Å². The van der Waals surface area contributed by atoms with Crippen LogP contribution in [0.3, 0.4) is 0 Å². The smallest absolute Gasteiger partial charge is 0.467 e. The van der Waals surface area contributed by atoms with E-state index in [-0.39, 0.29) is 70.7 Å². The van der Waals surface area contributed by atoms with Crippen LogP contribution in [-0.4, -0.2) is 84.3 Å². The topological polar surface area (TPSA) is 212 Å². The Kier molecular flexibility index (Phi) is 16.0. The molecule has 15 nitrogen and oxygen atoms in total. The van der Waals surface area contributed by atoms with Crippen LogP contribution in [0.4, 0.5) is 24.8 Å². The Morgan fingerprint density at radius 1 is 0.947 bits per heavy atom. The van der Waals surface area contributed by atoms with Crippen molar-refractivity contribution in [3.8, 4) is 0 Å². The second-order valence-electron chi connectivity index (χ2n) is 14.8. The lowest BCUT2D eigenvalue weighted by atomic mass is 9.86. The molecule has 3 amide bonds. The molecule has 2 atom stereocenters. The molecule has 0 aliphatic carbocycles. The van der Waals surface area contributed by atoms with Crippen LogP contribution in [0.1, 0.15) is 83.1 Å². The molecule has 0 saturated carbocycles. The molecule has 0 aliphatic rings. The lowest BCUT2D eigenvalue weighted by Gasteiger charge is -2.41. The lowest BCUT2D eigenvalue weighted by Crippen LogP contribution is -2.46. The summed E-state index contributed by atoms with van der Waals surface area (Å²) in [6, 6.07) is 7.42. The quantitative estimate of drug-likeness (QED) is 0.0737. The van der Waals surface area contributed by atoms with E-state index in [0.717, 1.165) is 19.2 Å². The highest BCUT2D eigenvalue weighted by Crippen LogP contribution is 2.35. The first kappa shape index (κ1) is 46.2. The van der Waals surface area contributed by atoms with Gasteiger partial charge in [-0.3, -0.25) is 34.3 Å². The number of fused-ring (bicyclic) bond motifs is 1. The number of methoxy groups -OCH3 is 1. The highest BCUT2D eigenvalue weighted by molar-refractivity contribution is 6.00. The maximum Gasteiger partial charge on any atom is 0.471 e. The highest BCUT2D eigenvalue weighted by atomic mass is 19.4. The van der Waals surface area contributed by atoms with Crippen LogP contribution >= 0.6 is 0 Å². The highest BCUT2D eigenvalue weighted by Gasteiger charge is 2.43. The van der Waals surface area contributed by atoms with Gasteiger partial charge in [-0.15, -0.1) is 0 Å². The summed E-state index contributed by atoms with van der Waals surface area (Å²) in [6.07, 6.45) is -4.91. The Labute approximate surface area is 328 Å². The molecule has 0 aliphatic heterocycles. The summed E-state index contributed by atoms with van der Waals surface area (Å²) in [5.41, 5.74) is 4.55. The van der Waals surface area contributed by atoms with Gasteiger partial charge < -0.3 is 30.2 Å². The summed E-state index contributed by atoms with van der Waals surface area (Å²) in [7, 11) is 1.12. The number of anilines is 2. The number of hydrogen-bond acceptors (Lipinski definition) is 11. The van der Waals surface area contributed by atoms with Crippen molar-refractivity contribution in [2.24, 2.45) is 17.1 Å². The van der Waals surface area contributed by atoms with Gasteiger partial charge in [-0.2, -0.15) is 13.2 Å². The number of H-pyrrole nitrogens is 1. The van der Waals surface area contributed by atoms with Crippen LogP contribution < -0.4 is 26.8 Å². The number of ether oxygens (including phenoxy) is 3. The number of aromatic nitrogens is 2. The fourth-order valence-corrected chi connectivity index (χ4v) is 5.34. The fraction of sp³-hybridized carbons (Fsp3) is 0.513. The summed E-state index contributed by atoms with van der Waals surface area (Å²) >= 11 is 0. The fourth-order valence-electron chi connectivity index (χ4n) is 5.34. The number of benzene rings is 2. The summed E-state index contributed by atoms with van der Waals surface area (Å²) in [5, 5.41) is 4.98. The molecule has 2 aromatic carbocycles. The second-order valence-corrected chi connectivity index (χ2v) is 14.8. The van der Waals surface area contributed by atoms with Gasteiger partial charge in [-0.05, 0) is 61.7 Å². The van der Waals surface area contributed by atoms with Gasteiger partial charge in [-0.25, -0.2) is 9.78 Å². The molecule has 0 spiro atoms. The number of carbonyl (C=O) groups is 5. The van der Waals surface area contributed by atoms with Crippen molar-refractivity contribution in [1.82, 2.24) is 15.3 Å². The molecule has 0 radical (unpaired) electrons. The summed E-state index contributed by atoms with van der Waals surface area (Å²) in [5.74, 6) is -5.80. The number of Topliss-reactive ketones (excluding diaryl/α,β-unsaturated/α-hetero) is 1. The Morgan fingerprint density at radius 2 is 1.60 bits per heavy atom. The molecule has 0 fully saturated rings. The van der Waals surface area contributed by atoms with Gasteiger partial charge in [0.25, 0.3) is 11.5 Å². The van der Waals surface area contributed by atoms with E-state index in [9.17, 15) is 41.9 Å². The van der Waals surface area contributed by atoms with Gasteiger partial charge in [0.2, 0.25) is 11.9 Å². The van der Waals surface area contributed by atoms with Crippen LogP contribution in [0.2, 0.25) is 0 Å². The van der Waals surface area contributed by atoms with Crippen molar-refractivity contribution in [3.05, 3.63) is 63.9 Å². The van der Waals surface area contributed by atoms with Gasteiger partial charge in [0.1, 0.15) is 11.8 Å². The van der Waals surface area contributed by atoms with E-state index < -0.39 is 59.7 Å². The minimum Gasteiger partial charge on any atom is -0.467 e. The van der Waals surface area contributed by atoms with Gasteiger partial charge in [-0.1, -0.05) is 40.7 Å². The normalized spacial score (nSPS) is 13.5. The number of carbonyl (C=O) groups excluding carboxylic acids is 5. The number of alkyl halides is 3. The Morgan fingerprint density at radius 3 is 2.18 bits per heavy atom. The molecule has 18 heteroatoms. The third kappa shape index (κ3) is 12.9. The number of nitrogens with two attached hydrogens (primary N) is 1. The molecule has 312 valence electrons. The molecular formula is C39H51F3N6O9. The van der Waals surface area contributed by atoms with E-state index in [0.29, 0.717) is 24.5 Å². The van der Waals surface area contributed by atoms with E-state index >= 15 is 0 Å². The van der Waals surface area contributed by atoms with Crippen molar-refractivity contribution >= 4 is 52.0 Å². The first-order valence-electron chi connectivity index (χ1n) is 18.3. The minimum atomic E-state index is -5.28. The molecule has 57 heavy (non-hydrogen) atoms. The Balaban J connectivity index is 1.70. The second kappa shape index (κ2) is 19.8. The number of rotatable bonds is 19. The maximum absolute atomic E-state index is 13.8. The Bertz CT molecular complexity index is 1960. The van der Waals surface area contributed by atoms with Crippen molar-refractivity contribution in [1.29, 1.82) is 0 Å². The van der Waals surface area contributed by atoms with Crippen molar-refractivity contribution in [2.45, 2.75) is 91.8 Å². The van der Waals surface area contributed by atoms with E-state index in [4.69, 9.17) is 19.9 Å².